The lowest BCUT2D eigenvalue weighted by atomic mass is 10.0. The van der Waals surface area contributed by atoms with Gasteiger partial charge in [-0.05, 0) is 41.0 Å². The summed E-state index contributed by atoms with van der Waals surface area (Å²) in [5.74, 6) is -0.351. The van der Waals surface area contributed by atoms with Crippen LogP contribution in [0.1, 0.15) is 11.1 Å². The van der Waals surface area contributed by atoms with Crippen LogP contribution < -0.4 is 16.4 Å². The Labute approximate surface area is 159 Å². The highest BCUT2D eigenvalue weighted by atomic mass is 19.1. The van der Waals surface area contributed by atoms with E-state index in [1.165, 1.54) is 23.2 Å². The molecule has 0 bridgehead atoms. The van der Waals surface area contributed by atoms with Gasteiger partial charge in [0.15, 0.2) is 0 Å². The fourth-order valence-corrected chi connectivity index (χ4v) is 3.44. The van der Waals surface area contributed by atoms with E-state index in [1.807, 2.05) is 24.3 Å². The van der Waals surface area contributed by atoms with Gasteiger partial charge in [-0.1, -0.05) is 18.2 Å². The van der Waals surface area contributed by atoms with Gasteiger partial charge in [-0.15, -0.1) is 0 Å². The van der Waals surface area contributed by atoms with E-state index in [9.17, 15) is 9.18 Å². The van der Waals surface area contributed by atoms with E-state index in [1.54, 1.807) is 18.3 Å². The topological polar surface area (TPSA) is 71.8 Å². The Morgan fingerprint density at radius 1 is 1.11 bits per heavy atom. The Bertz CT molecular complexity index is 1270. The highest BCUT2D eigenvalue weighted by molar-refractivity contribution is 5.75. The summed E-state index contributed by atoms with van der Waals surface area (Å²) < 4.78 is 16.2. The summed E-state index contributed by atoms with van der Waals surface area (Å²) in [6, 6.07) is 12.7. The minimum Gasteiger partial charge on any atom is -0.321 e. The molecule has 0 radical (unpaired) electrons. The Morgan fingerprint density at radius 3 is 2.86 bits per heavy atom. The van der Waals surface area contributed by atoms with Gasteiger partial charge >= 0.3 is 0 Å². The molecule has 0 fully saturated rings. The summed E-state index contributed by atoms with van der Waals surface area (Å²) in [7, 11) is 0. The molecule has 0 spiro atoms. The van der Waals surface area contributed by atoms with Crippen molar-refractivity contribution in [2.24, 2.45) is 0 Å². The SMILES string of the molecule is O=c1c2ccncc2ncn1Cc1ccc(-c2ccc3c(c2)CNN3)cc1F. The van der Waals surface area contributed by atoms with Crippen LogP contribution in [0, 0.1) is 5.82 Å². The minimum absolute atomic E-state index is 0.119. The number of halogens is 1. The van der Waals surface area contributed by atoms with Crippen LogP contribution in [0.25, 0.3) is 22.0 Å². The van der Waals surface area contributed by atoms with Gasteiger partial charge in [0.05, 0.1) is 35.7 Å². The van der Waals surface area contributed by atoms with Crippen LogP contribution in [-0.2, 0) is 13.1 Å². The van der Waals surface area contributed by atoms with Crippen LogP contribution in [-0.4, -0.2) is 14.5 Å². The first kappa shape index (κ1) is 16.6. The molecule has 138 valence electrons. The van der Waals surface area contributed by atoms with Crippen molar-refractivity contribution in [3.8, 4) is 11.1 Å². The molecule has 0 amide bonds. The maximum absolute atomic E-state index is 14.8. The van der Waals surface area contributed by atoms with E-state index in [2.05, 4.69) is 20.8 Å². The maximum atomic E-state index is 14.8. The number of rotatable bonds is 3. The van der Waals surface area contributed by atoms with E-state index in [0.29, 0.717) is 16.5 Å². The highest BCUT2D eigenvalue weighted by Gasteiger charge is 2.12. The second-order valence-electron chi connectivity index (χ2n) is 6.73. The van der Waals surface area contributed by atoms with Crippen molar-refractivity contribution in [3.63, 3.8) is 0 Å². The number of anilines is 1. The molecule has 0 unspecified atom stereocenters. The molecule has 2 aromatic heterocycles. The van der Waals surface area contributed by atoms with Gasteiger partial charge in [-0.25, -0.2) is 14.8 Å². The largest absolute Gasteiger partial charge is 0.321 e. The second kappa shape index (κ2) is 6.54. The average Bonchev–Trinajstić information content (AvgIpc) is 3.19. The fraction of sp³-hybridized carbons (Fsp3) is 0.0952. The van der Waals surface area contributed by atoms with Gasteiger partial charge in [0.25, 0.3) is 5.56 Å². The fourth-order valence-electron chi connectivity index (χ4n) is 3.44. The van der Waals surface area contributed by atoms with Gasteiger partial charge in [0.1, 0.15) is 5.82 Å². The predicted molar refractivity (Wildman–Crippen MR) is 105 cm³/mol. The van der Waals surface area contributed by atoms with Crippen molar-refractivity contribution in [2.45, 2.75) is 13.1 Å². The third-order valence-electron chi connectivity index (χ3n) is 4.96. The molecule has 0 saturated heterocycles. The van der Waals surface area contributed by atoms with Crippen LogP contribution in [0.2, 0.25) is 0 Å². The smallest absolute Gasteiger partial charge is 0.261 e. The molecule has 1 aliphatic heterocycles. The minimum atomic E-state index is -0.351. The predicted octanol–water partition coefficient (Wildman–Crippen LogP) is 3.08. The second-order valence-corrected chi connectivity index (χ2v) is 6.73. The molecular weight excluding hydrogens is 357 g/mol. The van der Waals surface area contributed by atoms with Gasteiger partial charge in [0, 0.05) is 18.3 Å². The molecule has 0 aliphatic carbocycles. The summed E-state index contributed by atoms with van der Waals surface area (Å²) in [6.07, 6.45) is 4.52. The number of fused-ring (bicyclic) bond motifs is 2. The third kappa shape index (κ3) is 2.82. The number of hydrazine groups is 1. The van der Waals surface area contributed by atoms with Crippen molar-refractivity contribution in [1.29, 1.82) is 0 Å². The number of pyridine rings is 1. The van der Waals surface area contributed by atoms with Crippen molar-refractivity contribution >= 4 is 16.6 Å². The van der Waals surface area contributed by atoms with Gasteiger partial charge < -0.3 is 5.43 Å². The molecule has 2 aromatic carbocycles. The number of nitrogens with one attached hydrogen (secondary N) is 2. The van der Waals surface area contributed by atoms with E-state index < -0.39 is 0 Å². The number of aromatic nitrogens is 3. The Morgan fingerprint density at radius 2 is 1.96 bits per heavy atom. The van der Waals surface area contributed by atoms with E-state index in [0.717, 1.165) is 28.9 Å². The molecule has 0 atom stereocenters. The molecule has 2 N–H and O–H groups in total. The molecule has 6 nitrogen and oxygen atoms in total. The normalized spacial score (nSPS) is 12.8. The summed E-state index contributed by atoms with van der Waals surface area (Å²) in [4.78, 5) is 20.8. The molecule has 4 aromatic rings. The van der Waals surface area contributed by atoms with Crippen molar-refractivity contribution in [3.05, 3.63) is 88.5 Å². The first-order valence-electron chi connectivity index (χ1n) is 8.89. The molecule has 1 aliphatic rings. The zero-order valence-corrected chi connectivity index (χ0v) is 14.8. The van der Waals surface area contributed by atoms with Crippen LogP contribution >= 0.6 is 0 Å². The third-order valence-corrected chi connectivity index (χ3v) is 4.96. The van der Waals surface area contributed by atoms with E-state index in [4.69, 9.17) is 0 Å². The summed E-state index contributed by atoms with van der Waals surface area (Å²) in [5, 5.41) is 0.467. The molecule has 7 heteroatoms. The van der Waals surface area contributed by atoms with Gasteiger partial charge in [-0.2, -0.15) is 0 Å². The molecular formula is C21H16FN5O. The lowest BCUT2D eigenvalue weighted by molar-refractivity contribution is 0.596. The number of benzene rings is 2. The molecule has 0 saturated carbocycles. The maximum Gasteiger partial charge on any atom is 0.261 e. The first-order valence-corrected chi connectivity index (χ1v) is 8.89. The van der Waals surface area contributed by atoms with Gasteiger partial charge in [-0.3, -0.25) is 14.3 Å². The lowest BCUT2D eigenvalue weighted by Crippen LogP contribution is -2.21. The molecule has 28 heavy (non-hydrogen) atoms. The van der Waals surface area contributed by atoms with Crippen LogP contribution in [0.5, 0.6) is 0 Å². The van der Waals surface area contributed by atoms with Crippen LogP contribution in [0.3, 0.4) is 0 Å². The Hall–Kier alpha value is -3.58. The van der Waals surface area contributed by atoms with Crippen molar-refractivity contribution < 1.29 is 4.39 Å². The van der Waals surface area contributed by atoms with E-state index >= 15 is 0 Å². The average molecular weight is 373 g/mol. The zero-order chi connectivity index (χ0) is 19.1. The number of nitrogens with zero attached hydrogens (tertiary/aromatic N) is 3. The monoisotopic (exact) mass is 373 g/mol. The lowest BCUT2D eigenvalue weighted by Gasteiger charge is -2.10. The quantitative estimate of drug-likeness (QED) is 0.578. The highest BCUT2D eigenvalue weighted by Crippen LogP contribution is 2.28. The van der Waals surface area contributed by atoms with Crippen LogP contribution in [0.15, 0.2) is 66.0 Å². The van der Waals surface area contributed by atoms with Crippen molar-refractivity contribution in [1.82, 2.24) is 20.0 Å². The van der Waals surface area contributed by atoms with Gasteiger partial charge in [0.2, 0.25) is 0 Å². The van der Waals surface area contributed by atoms with Crippen molar-refractivity contribution in [2.75, 3.05) is 5.43 Å². The molecule has 5 rings (SSSR count). The summed E-state index contributed by atoms with van der Waals surface area (Å²) in [5.41, 5.74) is 10.8. The van der Waals surface area contributed by atoms with E-state index in [-0.39, 0.29) is 17.9 Å². The Balaban J connectivity index is 1.47. The summed E-state index contributed by atoms with van der Waals surface area (Å²) >= 11 is 0. The Kier molecular flexibility index (Phi) is 3.87. The standard InChI is InChI=1S/C21H16FN5O/c22-18-8-14(13-3-4-19-16(7-13)9-25-26-19)1-2-15(18)11-27-12-24-20-10-23-6-5-17(20)21(27)28/h1-8,10,12,25-26H,9,11H2. The number of hydrogen-bond acceptors (Lipinski definition) is 5. The zero-order valence-electron chi connectivity index (χ0n) is 14.8. The first-order chi connectivity index (χ1) is 13.7. The molecule has 3 heterocycles. The summed E-state index contributed by atoms with van der Waals surface area (Å²) in [6.45, 7) is 0.853. The van der Waals surface area contributed by atoms with Crippen LogP contribution in [0.4, 0.5) is 10.1 Å². The number of hydrogen-bond donors (Lipinski definition) is 2.